The van der Waals surface area contributed by atoms with Crippen LogP contribution in [0.25, 0.3) is 11.1 Å². The van der Waals surface area contributed by atoms with E-state index >= 15 is 0 Å². The summed E-state index contributed by atoms with van der Waals surface area (Å²) in [5.74, 6) is -6.69. The van der Waals surface area contributed by atoms with E-state index in [2.05, 4.69) is 20.9 Å². The highest BCUT2D eigenvalue weighted by molar-refractivity contribution is 5.93. The molecule has 4 nitrogen and oxygen atoms in total. The standard InChI is InChI=1S/C18H17F7N4/c1-7(2)15(18(23,24)25)28-13-12(11-9(20)5-8(19)6-10(11)21)16(22)29-17-14(13)26-3-4-27-17/h5-7,15,26H,3-4H2,1-2H3,(H2,27,28,29). The maximum Gasteiger partial charge on any atom is 0.408 e. The van der Waals surface area contributed by atoms with Crippen LogP contribution >= 0.6 is 0 Å². The van der Waals surface area contributed by atoms with E-state index in [0.717, 1.165) is 0 Å². The van der Waals surface area contributed by atoms with Gasteiger partial charge in [-0.3, -0.25) is 0 Å². The van der Waals surface area contributed by atoms with Crippen molar-refractivity contribution in [1.29, 1.82) is 0 Å². The van der Waals surface area contributed by atoms with Gasteiger partial charge in [0.2, 0.25) is 5.95 Å². The normalized spacial score (nSPS) is 14.8. The highest BCUT2D eigenvalue weighted by atomic mass is 19.4. The molecule has 3 N–H and O–H groups in total. The lowest BCUT2D eigenvalue weighted by molar-refractivity contribution is -0.150. The van der Waals surface area contributed by atoms with Gasteiger partial charge in [0.25, 0.3) is 0 Å². The molecule has 2 heterocycles. The summed E-state index contributed by atoms with van der Waals surface area (Å²) in [6, 6.07) is -1.52. The summed E-state index contributed by atoms with van der Waals surface area (Å²) in [5.41, 5.74) is -2.45. The molecule has 11 heteroatoms. The number of nitrogens with zero attached hydrogens (tertiary/aromatic N) is 1. The Kier molecular flexibility index (Phi) is 5.50. The Bertz CT molecular complexity index is 904. The highest BCUT2D eigenvalue weighted by Gasteiger charge is 2.43. The molecule has 0 saturated carbocycles. The molecule has 0 amide bonds. The molecule has 1 aromatic carbocycles. The number of pyridine rings is 1. The van der Waals surface area contributed by atoms with Crippen LogP contribution in [0.3, 0.4) is 0 Å². The average molecular weight is 422 g/mol. The molecule has 29 heavy (non-hydrogen) atoms. The van der Waals surface area contributed by atoms with Gasteiger partial charge in [-0.05, 0) is 5.92 Å². The monoisotopic (exact) mass is 422 g/mol. The molecule has 1 unspecified atom stereocenters. The quantitative estimate of drug-likeness (QED) is 0.472. The van der Waals surface area contributed by atoms with E-state index < -0.39 is 58.3 Å². The summed E-state index contributed by atoms with van der Waals surface area (Å²) >= 11 is 0. The lowest BCUT2D eigenvalue weighted by Crippen LogP contribution is -2.41. The first-order valence-electron chi connectivity index (χ1n) is 8.70. The van der Waals surface area contributed by atoms with Crippen molar-refractivity contribution in [2.24, 2.45) is 5.92 Å². The molecule has 158 valence electrons. The zero-order valence-electron chi connectivity index (χ0n) is 15.3. The summed E-state index contributed by atoms with van der Waals surface area (Å²) in [7, 11) is 0. The third-order valence-corrected chi connectivity index (χ3v) is 4.45. The van der Waals surface area contributed by atoms with E-state index in [9.17, 15) is 30.7 Å². The minimum Gasteiger partial charge on any atom is -0.379 e. The number of nitrogens with one attached hydrogen (secondary N) is 3. The maximum atomic E-state index is 14.8. The SMILES string of the molecule is CC(C)C(Nc1c2c(nc(F)c1-c1c(F)cc(F)cc1F)NCCN2)C(F)(F)F. The fraction of sp³-hybridized carbons (Fsp3) is 0.389. The maximum absolute atomic E-state index is 14.8. The molecule has 0 fully saturated rings. The van der Waals surface area contributed by atoms with Gasteiger partial charge in [-0.1, -0.05) is 13.8 Å². The third kappa shape index (κ3) is 4.03. The number of benzene rings is 1. The molecule has 1 aromatic heterocycles. The molecule has 1 atom stereocenters. The molecular weight excluding hydrogens is 405 g/mol. The Labute approximate surface area is 161 Å². The molecule has 3 rings (SSSR count). The van der Waals surface area contributed by atoms with E-state index in [-0.39, 0.29) is 18.1 Å². The van der Waals surface area contributed by atoms with Gasteiger partial charge in [-0.15, -0.1) is 0 Å². The van der Waals surface area contributed by atoms with Gasteiger partial charge in [0.1, 0.15) is 29.2 Å². The van der Waals surface area contributed by atoms with Crippen LogP contribution in [0.4, 0.5) is 47.9 Å². The first-order chi connectivity index (χ1) is 13.5. The molecule has 1 aliphatic heterocycles. The second-order valence-corrected chi connectivity index (χ2v) is 6.88. The minimum atomic E-state index is -4.74. The van der Waals surface area contributed by atoms with Crippen molar-refractivity contribution >= 4 is 17.2 Å². The number of rotatable bonds is 4. The predicted molar refractivity (Wildman–Crippen MR) is 94.8 cm³/mol. The first kappa shape index (κ1) is 21.0. The molecule has 2 aromatic rings. The number of fused-ring (bicyclic) bond motifs is 1. The van der Waals surface area contributed by atoms with Gasteiger partial charge in [0, 0.05) is 25.2 Å². The van der Waals surface area contributed by atoms with Crippen molar-refractivity contribution in [2.75, 3.05) is 29.0 Å². The highest BCUT2D eigenvalue weighted by Crippen LogP contribution is 2.44. The van der Waals surface area contributed by atoms with Crippen LogP contribution < -0.4 is 16.0 Å². The van der Waals surface area contributed by atoms with Gasteiger partial charge in [-0.2, -0.15) is 22.5 Å². The summed E-state index contributed by atoms with van der Waals surface area (Å²) in [4.78, 5) is 3.58. The fourth-order valence-corrected chi connectivity index (χ4v) is 3.16. The van der Waals surface area contributed by atoms with E-state index in [1.807, 2.05) is 0 Å². The van der Waals surface area contributed by atoms with Crippen molar-refractivity contribution in [3.63, 3.8) is 0 Å². The van der Waals surface area contributed by atoms with E-state index in [1.54, 1.807) is 0 Å². The van der Waals surface area contributed by atoms with Crippen LogP contribution in [-0.2, 0) is 0 Å². The van der Waals surface area contributed by atoms with Crippen LogP contribution in [0.1, 0.15) is 13.8 Å². The second-order valence-electron chi connectivity index (χ2n) is 6.88. The molecular formula is C18H17F7N4. The van der Waals surface area contributed by atoms with Crippen molar-refractivity contribution in [3.05, 3.63) is 35.5 Å². The van der Waals surface area contributed by atoms with Crippen LogP contribution in [0, 0.1) is 29.3 Å². The van der Waals surface area contributed by atoms with Crippen LogP contribution in [0.2, 0.25) is 0 Å². The minimum absolute atomic E-state index is 0.0642. The number of anilines is 3. The van der Waals surface area contributed by atoms with E-state index in [0.29, 0.717) is 18.7 Å². The Morgan fingerprint density at radius 3 is 2.10 bits per heavy atom. The zero-order chi connectivity index (χ0) is 21.5. The number of alkyl halides is 3. The number of aromatic nitrogens is 1. The molecule has 0 saturated heterocycles. The van der Waals surface area contributed by atoms with Gasteiger partial charge in [0.05, 0.1) is 16.8 Å². The third-order valence-electron chi connectivity index (χ3n) is 4.45. The largest absolute Gasteiger partial charge is 0.408 e. The van der Waals surface area contributed by atoms with Gasteiger partial charge < -0.3 is 16.0 Å². The molecule has 0 radical (unpaired) electrons. The van der Waals surface area contributed by atoms with Gasteiger partial charge in [0.15, 0.2) is 5.82 Å². The second kappa shape index (κ2) is 7.60. The van der Waals surface area contributed by atoms with E-state index in [4.69, 9.17) is 0 Å². The van der Waals surface area contributed by atoms with Crippen molar-refractivity contribution < 1.29 is 30.7 Å². The predicted octanol–water partition coefficient (Wildman–Crippen LogP) is 5.14. The van der Waals surface area contributed by atoms with Crippen molar-refractivity contribution in [2.45, 2.75) is 26.1 Å². The van der Waals surface area contributed by atoms with Crippen LogP contribution in [0.15, 0.2) is 12.1 Å². The van der Waals surface area contributed by atoms with Gasteiger partial charge >= 0.3 is 6.18 Å². The lowest BCUT2D eigenvalue weighted by atomic mass is 9.98. The summed E-state index contributed by atoms with van der Waals surface area (Å²) in [6.07, 6.45) is -4.74. The summed E-state index contributed by atoms with van der Waals surface area (Å²) in [5, 5.41) is 7.68. The van der Waals surface area contributed by atoms with E-state index in [1.165, 1.54) is 13.8 Å². The topological polar surface area (TPSA) is 49.0 Å². The van der Waals surface area contributed by atoms with Crippen molar-refractivity contribution in [1.82, 2.24) is 4.98 Å². The smallest absolute Gasteiger partial charge is 0.379 e. The zero-order valence-corrected chi connectivity index (χ0v) is 15.3. The van der Waals surface area contributed by atoms with Crippen LogP contribution in [-0.4, -0.2) is 30.3 Å². The summed E-state index contributed by atoms with van der Waals surface area (Å²) in [6.45, 7) is 3.14. The fourth-order valence-electron chi connectivity index (χ4n) is 3.16. The number of halogens is 7. The summed E-state index contributed by atoms with van der Waals surface area (Å²) < 4.78 is 97.4. The molecule has 0 aliphatic carbocycles. The molecule has 0 spiro atoms. The van der Waals surface area contributed by atoms with Crippen molar-refractivity contribution in [3.8, 4) is 11.1 Å². The lowest BCUT2D eigenvalue weighted by Gasteiger charge is -2.31. The van der Waals surface area contributed by atoms with Gasteiger partial charge in [-0.25, -0.2) is 13.2 Å². The Hall–Kier alpha value is -2.72. The number of hydrogen-bond donors (Lipinski definition) is 3. The number of hydrogen-bond acceptors (Lipinski definition) is 4. The first-order valence-corrected chi connectivity index (χ1v) is 8.70. The Balaban J connectivity index is 2.29. The molecule has 1 aliphatic rings. The molecule has 0 bridgehead atoms. The Morgan fingerprint density at radius 2 is 1.55 bits per heavy atom. The Morgan fingerprint density at radius 1 is 0.966 bits per heavy atom. The average Bonchev–Trinajstić information content (AvgIpc) is 2.58. The van der Waals surface area contributed by atoms with Crippen LogP contribution in [0.5, 0.6) is 0 Å².